The van der Waals surface area contributed by atoms with Gasteiger partial charge < -0.3 is 4.42 Å². The number of fused-ring (bicyclic) bond motifs is 1. The number of rotatable bonds is 7. The molecule has 9 nitrogen and oxygen atoms in total. The highest BCUT2D eigenvalue weighted by Gasteiger charge is 2.37. The number of hydrogen-bond donors (Lipinski definition) is 2. The topological polar surface area (TPSA) is 101 Å². The number of amidine groups is 1. The van der Waals surface area contributed by atoms with Crippen LogP contribution in [0.1, 0.15) is 37.3 Å². The van der Waals surface area contributed by atoms with Crippen LogP contribution in [0.2, 0.25) is 0 Å². The lowest BCUT2D eigenvalue weighted by Gasteiger charge is -2.24. The van der Waals surface area contributed by atoms with Gasteiger partial charge in [-0.25, -0.2) is 0 Å². The summed E-state index contributed by atoms with van der Waals surface area (Å²) in [5, 5.41) is 19.2. The van der Waals surface area contributed by atoms with Gasteiger partial charge in [-0.15, -0.1) is 10.2 Å². The van der Waals surface area contributed by atoms with Crippen molar-refractivity contribution in [1.82, 2.24) is 29.6 Å². The summed E-state index contributed by atoms with van der Waals surface area (Å²) in [4.78, 5) is 7.69. The van der Waals surface area contributed by atoms with E-state index in [9.17, 15) is 0 Å². The predicted molar refractivity (Wildman–Crippen MR) is 123 cm³/mol. The second-order valence-corrected chi connectivity index (χ2v) is 9.00. The van der Waals surface area contributed by atoms with Gasteiger partial charge in [0.2, 0.25) is 11.8 Å². The molecular formula is C22H22N8OS+. The molecule has 0 atom stereocenters. The summed E-state index contributed by atoms with van der Waals surface area (Å²) >= 11 is 1.65. The summed E-state index contributed by atoms with van der Waals surface area (Å²) in [5.74, 6) is 4.54. The molecule has 1 radical (unpaired) electrons. The van der Waals surface area contributed by atoms with E-state index >= 15 is 0 Å². The van der Waals surface area contributed by atoms with Crippen LogP contribution in [0.25, 0.3) is 11.5 Å². The Hall–Kier alpha value is -3.37. The molecule has 2 aliphatic heterocycles. The quantitative estimate of drug-likeness (QED) is 0.415. The van der Waals surface area contributed by atoms with Crippen LogP contribution in [-0.2, 0) is 6.42 Å². The highest BCUT2D eigenvalue weighted by atomic mass is 32.2. The van der Waals surface area contributed by atoms with Crippen LogP contribution in [0, 0.1) is 0 Å². The molecular weight excluding hydrogens is 424 g/mol. The van der Waals surface area contributed by atoms with Gasteiger partial charge in [0.25, 0.3) is 11.7 Å². The fourth-order valence-electron chi connectivity index (χ4n) is 3.65. The SMILES string of the molecule is CCc1nnc(-c2ccc(SN3C=C(Nc4cc(C5CC5)[nH]n4)[N+]4C=CN=C4C3)cc2)o1. The molecule has 2 aromatic heterocycles. The fraction of sp³-hybridized carbons (Fsp3) is 0.273. The maximum atomic E-state index is 5.65. The first-order chi connectivity index (χ1) is 15.7. The third-order valence-electron chi connectivity index (χ3n) is 5.50. The number of aliphatic imine (C=N–C) groups is 1. The van der Waals surface area contributed by atoms with Crippen molar-refractivity contribution in [3.63, 3.8) is 0 Å². The monoisotopic (exact) mass is 446 g/mol. The molecule has 0 amide bonds. The third-order valence-corrected chi connectivity index (χ3v) is 6.46. The maximum Gasteiger partial charge on any atom is 0.285 e. The number of nitrogens with one attached hydrogen (secondary N) is 2. The number of aromatic amines is 1. The molecule has 4 heterocycles. The van der Waals surface area contributed by atoms with Gasteiger partial charge in [-0.2, -0.15) is 10.1 Å². The molecule has 3 aromatic rings. The van der Waals surface area contributed by atoms with Gasteiger partial charge in [0.15, 0.2) is 12.0 Å². The van der Waals surface area contributed by atoms with Crippen LogP contribution in [0.15, 0.2) is 69.1 Å². The lowest BCUT2D eigenvalue weighted by atomic mass is 10.2. The molecule has 3 aliphatic rings. The molecule has 161 valence electrons. The van der Waals surface area contributed by atoms with Crippen LogP contribution in [0.5, 0.6) is 0 Å². The summed E-state index contributed by atoms with van der Waals surface area (Å²) < 4.78 is 7.82. The number of anilines is 1. The molecule has 0 unspecified atom stereocenters. The summed E-state index contributed by atoms with van der Waals surface area (Å²) in [5.41, 5.74) is 2.12. The van der Waals surface area contributed by atoms with E-state index < -0.39 is 0 Å². The van der Waals surface area contributed by atoms with Crippen molar-refractivity contribution in [3.8, 4) is 11.5 Å². The highest BCUT2D eigenvalue weighted by Crippen LogP contribution is 2.39. The maximum absolute atomic E-state index is 5.65. The van der Waals surface area contributed by atoms with Crippen LogP contribution in [0.3, 0.4) is 0 Å². The zero-order valence-electron chi connectivity index (χ0n) is 17.5. The standard InChI is InChI=1S/C22H22N8OS/c1-2-21-27-28-22(31-21)15-5-7-16(8-6-15)32-29-12-19-23-9-10-30(19)20(13-29)24-18-11-17(25-26-18)14-3-4-14/h5-11,13-14H,2-4,12H2,1H3,(H2,24,25,26)/q+1. The molecule has 1 aromatic carbocycles. The van der Waals surface area contributed by atoms with Gasteiger partial charge in [0.1, 0.15) is 6.54 Å². The number of benzene rings is 1. The highest BCUT2D eigenvalue weighted by molar-refractivity contribution is 7.97. The van der Waals surface area contributed by atoms with Crippen molar-refractivity contribution in [2.75, 3.05) is 11.9 Å². The first-order valence-electron chi connectivity index (χ1n) is 10.7. The molecule has 0 saturated heterocycles. The smallest absolute Gasteiger partial charge is 0.285 e. The van der Waals surface area contributed by atoms with Crippen molar-refractivity contribution in [3.05, 3.63) is 66.3 Å². The second-order valence-electron chi connectivity index (χ2n) is 7.88. The normalized spacial score (nSPS) is 18.0. The van der Waals surface area contributed by atoms with E-state index in [1.54, 1.807) is 11.9 Å². The van der Waals surface area contributed by atoms with Gasteiger partial charge in [0, 0.05) is 34.6 Å². The minimum Gasteiger partial charge on any atom is -0.421 e. The molecule has 1 aliphatic carbocycles. The van der Waals surface area contributed by atoms with Gasteiger partial charge in [-0.1, -0.05) is 6.92 Å². The summed E-state index contributed by atoms with van der Waals surface area (Å²) in [6, 6.07) is 10.2. The molecule has 0 bridgehead atoms. The van der Waals surface area contributed by atoms with E-state index in [0.717, 1.165) is 34.4 Å². The van der Waals surface area contributed by atoms with E-state index in [4.69, 9.17) is 4.42 Å². The molecule has 6 rings (SSSR count). The van der Waals surface area contributed by atoms with Gasteiger partial charge >= 0.3 is 0 Å². The Morgan fingerprint density at radius 3 is 2.91 bits per heavy atom. The molecule has 0 spiro atoms. The Balaban J connectivity index is 1.19. The molecule has 1 fully saturated rings. The Morgan fingerprint density at radius 1 is 1.25 bits per heavy atom. The summed E-state index contributed by atoms with van der Waals surface area (Å²) in [7, 11) is 0. The lowest BCUT2D eigenvalue weighted by Crippen LogP contribution is -2.42. The van der Waals surface area contributed by atoms with Crippen molar-refractivity contribution < 1.29 is 4.42 Å². The Kier molecular flexibility index (Phi) is 4.80. The minimum atomic E-state index is 0.550. The average molecular weight is 447 g/mol. The zero-order chi connectivity index (χ0) is 21.5. The van der Waals surface area contributed by atoms with Crippen molar-refractivity contribution in [2.24, 2.45) is 4.99 Å². The summed E-state index contributed by atoms with van der Waals surface area (Å²) in [6.45, 7) is 2.69. The second kappa shape index (κ2) is 7.95. The van der Waals surface area contributed by atoms with Gasteiger partial charge in [0.05, 0.1) is 12.4 Å². The van der Waals surface area contributed by atoms with Crippen molar-refractivity contribution >= 4 is 23.6 Å². The van der Waals surface area contributed by atoms with Crippen molar-refractivity contribution in [1.29, 1.82) is 0 Å². The number of nitrogens with zero attached hydrogens (tertiary/aromatic N) is 6. The number of aryl methyl sites for hydroxylation is 1. The van der Waals surface area contributed by atoms with Crippen molar-refractivity contribution in [2.45, 2.75) is 37.0 Å². The molecule has 10 heteroatoms. The largest absolute Gasteiger partial charge is 0.421 e. The van der Waals surface area contributed by atoms with Gasteiger partial charge in [-0.3, -0.25) is 14.7 Å². The van der Waals surface area contributed by atoms with E-state index in [1.807, 2.05) is 31.5 Å². The summed E-state index contributed by atoms with van der Waals surface area (Å²) in [6.07, 6.45) is 9.09. The fourth-order valence-corrected chi connectivity index (χ4v) is 4.51. The van der Waals surface area contributed by atoms with E-state index in [2.05, 4.69) is 64.3 Å². The van der Waals surface area contributed by atoms with E-state index in [1.165, 1.54) is 18.5 Å². The Labute approximate surface area is 189 Å². The van der Waals surface area contributed by atoms with E-state index in [-0.39, 0.29) is 0 Å². The first-order valence-corrected chi connectivity index (χ1v) is 11.5. The average Bonchev–Trinajstić information content (AvgIpc) is 3.19. The third kappa shape index (κ3) is 3.82. The lowest BCUT2D eigenvalue weighted by molar-refractivity contribution is 0.513. The number of H-pyrrole nitrogens is 1. The molecule has 1 saturated carbocycles. The molecule has 32 heavy (non-hydrogen) atoms. The Morgan fingerprint density at radius 2 is 2.12 bits per heavy atom. The van der Waals surface area contributed by atoms with Crippen LogP contribution in [-0.4, -0.2) is 37.1 Å². The predicted octanol–water partition coefficient (Wildman–Crippen LogP) is 4.16. The Bertz CT molecular complexity index is 1220. The first kappa shape index (κ1) is 19.3. The van der Waals surface area contributed by atoms with Crippen LogP contribution < -0.4 is 10.2 Å². The molecule has 2 N–H and O–H groups in total. The van der Waals surface area contributed by atoms with Crippen LogP contribution >= 0.6 is 11.9 Å². The zero-order valence-corrected chi connectivity index (χ0v) is 18.3. The number of aromatic nitrogens is 4. The number of hydrogen-bond acceptors (Lipinski definition) is 9. The minimum absolute atomic E-state index is 0.550. The van der Waals surface area contributed by atoms with Crippen LogP contribution in [0.4, 0.5) is 5.82 Å². The van der Waals surface area contributed by atoms with E-state index in [0.29, 0.717) is 24.2 Å². The van der Waals surface area contributed by atoms with Gasteiger partial charge in [-0.05, 0) is 54.0 Å².